The van der Waals surface area contributed by atoms with Gasteiger partial charge >= 0.3 is 0 Å². The van der Waals surface area contributed by atoms with Gasteiger partial charge in [0, 0.05) is 50.4 Å². The van der Waals surface area contributed by atoms with Gasteiger partial charge in [-0.15, -0.1) is 0 Å². The van der Waals surface area contributed by atoms with Crippen molar-refractivity contribution in [1.29, 1.82) is 21.0 Å². The lowest BCUT2D eigenvalue weighted by Crippen LogP contribution is -2.35. The molecule has 0 saturated carbocycles. The summed E-state index contributed by atoms with van der Waals surface area (Å²) in [7, 11) is -5.06. The number of carbonyl (C=O) groups excluding carboxylic acids is 2. The standard InChI is InChI=1S/C20H20N6O3S2.C18H17N5O2S2.C5H11NO.C2H4BrNO/c21-10-15-18(16(11-22)20(25-19(15)24)30-12-17(23)27)13-4-6-14(7-5-13)31(28,29)26-8-2-1-3-9-26;19-10-14-16(15(11-20)18(26)22-17(14)21)12-4-6-13(7-5-12)27(24,25)23-8-2-1-3-9-23;1-6-2-4-7-5-3-6;3-1-2(4)5/h4-7H,1-3,8-9,12H2,(H2,23,27)(H2,24,25);4-7H,1-3,8-9H2,(H3,21,22,26);2-5H2,1H3;1H2,(H2,4,5). The van der Waals surface area contributed by atoms with E-state index in [0.29, 0.717) is 42.9 Å². The third-order valence-corrected chi connectivity index (χ3v) is 16.5. The number of aromatic amines is 1. The summed E-state index contributed by atoms with van der Waals surface area (Å²) in [6, 6.07) is 20.0. The predicted octanol–water partition coefficient (Wildman–Crippen LogP) is 4.55. The molecule has 0 spiro atoms. The van der Waals surface area contributed by atoms with Crippen LogP contribution in [0.3, 0.4) is 0 Å². The van der Waals surface area contributed by atoms with Crippen LogP contribution in [0.4, 0.5) is 11.6 Å². The smallest absolute Gasteiger partial charge is 0.243 e. The van der Waals surface area contributed by atoms with Crippen LogP contribution in [0.25, 0.3) is 22.3 Å². The Morgan fingerprint density at radius 1 is 0.700 bits per heavy atom. The second-order valence-electron chi connectivity index (χ2n) is 15.6. The Hall–Kier alpha value is -5.97. The minimum atomic E-state index is -3.62. The maximum absolute atomic E-state index is 12.9. The highest BCUT2D eigenvalue weighted by molar-refractivity contribution is 9.09. The van der Waals surface area contributed by atoms with Crippen LogP contribution in [-0.2, 0) is 34.4 Å². The molecule has 0 aliphatic carbocycles. The fraction of sp³-hybridized carbons (Fsp3) is 0.378. The van der Waals surface area contributed by atoms with E-state index in [1.807, 2.05) is 24.3 Å². The number of ether oxygens (including phenoxy) is 1. The topological polar surface area (TPSA) is 349 Å². The number of morpholine rings is 1. The molecular weight excluding hydrogens is 1040 g/mol. The number of nitrogens with zero attached hydrogens (tertiary/aromatic N) is 8. The lowest BCUT2D eigenvalue weighted by molar-refractivity contribution is -0.116. The van der Waals surface area contributed by atoms with Crippen molar-refractivity contribution in [3.63, 3.8) is 0 Å². The number of nitrogen functional groups attached to an aromatic ring is 2. The summed E-state index contributed by atoms with van der Waals surface area (Å²) >= 11 is 8.92. The van der Waals surface area contributed by atoms with E-state index in [0.717, 1.165) is 76.6 Å². The average Bonchev–Trinajstić information content (AvgIpc) is 3.36. The molecule has 3 aliphatic heterocycles. The number of nitrogens with one attached hydrogen (secondary N) is 1. The van der Waals surface area contributed by atoms with Crippen LogP contribution in [0.15, 0.2) is 63.3 Å². The molecule has 0 radical (unpaired) electrons. The number of hydrogen-bond acceptors (Lipinski definition) is 17. The van der Waals surface area contributed by atoms with Crippen LogP contribution < -0.4 is 22.9 Å². The number of likely N-dealkylation sites (N-methyl/N-ethyl adjacent to an activating group) is 1. The van der Waals surface area contributed by atoms with E-state index < -0.39 is 26.0 Å². The molecule has 0 atom stereocenters. The van der Waals surface area contributed by atoms with Crippen molar-refractivity contribution < 1.29 is 31.2 Å². The first-order valence-corrected chi connectivity index (χ1v) is 27.0. The van der Waals surface area contributed by atoms with Gasteiger partial charge in [-0.3, -0.25) is 9.59 Å². The molecule has 0 bridgehead atoms. The maximum atomic E-state index is 12.9. The number of halogens is 1. The minimum absolute atomic E-state index is 0.00612. The molecule has 4 aromatic rings. The molecule has 70 heavy (non-hydrogen) atoms. The molecule has 9 N–H and O–H groups in total. The van der Waals surface area contributed by atoms with Gasteiger partial charge in [0.15, 0.2) is 0 Å². The summed E-state index contributed by atoms with van der Waals surface area (Å²) in [6.07, 6.45) is 5.42. The van der Waals surface area contributed by atoms with Crippen LogP contribution in [0, 0.1) is 50.0 Å². The van der Waals surface area contributed by atoms with Crippen LogP contribution >= 0.6 is 39.9 Å². The SMILES string of the molecule is CN1CCOCC1.N#Cc1c(N)[nH]c(=S)c(C#N)c1-c1ccc(S(=O)(=O)N2CCCCC2)cc1.N#Cc1c(N)nc(SCC(N)=O)c(C#N)c1-c1ccc(S(=O)(=O)N2CCCCC2)cc1.NC(=O)CBr. The number of benzene rings is 2. The summed E-state index contributed by atoms with van der Waals surface area (Å²) in [4.78, 5) is 30.0. The van der Waals surface area contributed by atoms with E-state index in [4.69, 9.17) is 34.2 Å². The number of sulfonamides is 2. The van der Waals surface area contributed by atoms with Crippen molar-refractivity contribution in [3.8, 4) is 46.5 Å². The Morgan fingerprint density at radius 2 is 1.11 bits per heavy atom. The van der Waals surface area contributed by atoms with Crippen molar-refractivity contribution in [2.45, 2.75) is 53.3 Å². The Morgan fingerprint density at radius 3 is 1.47 bits per heavy atom. The second kappa shape index (κ2) is 26.9. The average molecular weight is 1100 g/mol. The van der Waals surface area contributed by atoms with Gasteiger partial charge in [-0.1, -0.05) is 77.0 Å². The first kappa shape index (κ1) is 56.6. The zero-order chi connectivity index (χ0) is 51.6. The monoisotopic (exact) mass is 1090 g/mol. The number of primary amides is 2. The Labute approximate surface area is 425 Å². The van der Waals surface area contributed by atoms with Gasteiger partial charge in [0.25, 0.3) is 0 Å². The summed E-state index contributed by atoms with van der Waals surface area (Å²) in [5.74, 6) is -1.05. The number of nitriles is 4. The molecule has 3 saturated heterocycles. The predicted molar refractivity (Wildman–Crippen MR) is 271 cm³/mol. The number of rotatable bonds is 10. The Bertz CT molecular complexity index is 2970. The number of anilines is 2. The molecule has 370 valence electrons. The number of thioether (sulfide) groups is 1. The molecule has 2 amide bonds. The molecule has 2 aromatic carbocycles. The molecule has 3 aliphatic rings. The third kappa shape index (κ3) is 14.8. The fourth-order valence-corrected chi connectivity index (χ4v) is 11.2. The van der Waals surface area contributed by atoms with E-state index in [1.54, 1.807) is 12.1 Å². The van der Waals surface area contributed by atoms with Gasteiger partial charge in [0.2, 0.25) is 31.9 Å². The highest BCUT2D eigenvalue weighted by Gasteiger charge is 2.28. The normalized spacial score (nSPS) is 15.3. The number of alkyl halides is 1. The van der Waals surface area contributed by atoms with Gasteiger partial charge in [0.05, 0.1) is 45.2 Å². The first-order chi connectivity index (χ1) is 33.3. The van der Waals surface area contributed by atoms with Gasteiger partial charge in [-0.05, 0) is 68.1 Å². The number of piperidine rings is 2. The van der Waals surface area contributed by atoms with E-state index in [-0.39, 0.29) is 75.9 Å². The number of carbonyl (C=O) groups is 2. The van der Waals surface area contributed by atoms with Gasteiger partial charge in [-0.25, -0.2) is 21.8 Å². The third-order valence-electron chi connectivity index (χ3n) is 10.8. The van der Waals surface area contributed by atoms with Crippen molar-refractivity contribution in [2.75, 3.05) is 82.1 Å². The molecule has 25 heteroatoms. The maximum Gasteiger partial charge on any atom is 0.243 e. The van der Waals surface area contributed by atoms with E-state index in [9.17, 15) is 47.5 Å². The van der Waals surface area contributed by atoms with Crippen molar-refractivity contribution >= 4 is 83.4 Å². The number of H-pyrrole nitrogens is 1. The Balaban J connectivity index is 0.000000247. The zero-order valence-corrected chi connectivity index (χ0v) is 43.0. The number of amides is 2. The van der Waals surface area contributed by atoms with Crippen molar-refractivity contribution in [1.82, 2.24) is 23.5 Å². The van der Waals surface area contributed by atoms with Gasteiger partial charge < -0.3 is 37.6 Å². The highest BCUT2D eigenvalue weighted by atomic mass is 79.9. The largest absolute Gasteiger partial charge is 0.384 e. The number of nitrogens with two attached hydrogens (primary N) is 4. The van der Waals surface area contributed by atoms with E-state index >= 15 is 0 Å². The molecule has 20 nitrogen and oxygen atoms in total. The first-order valence-electron chi connectivity index (χ1n) is 21.6. The summed E-state index contributed by atoms with van der Waals surface area (Å²) in [6.45, 7) is 6.04. The van der Waals surface area contributed by atoms with Gasteiger partial charge in [-0.2, -0.15) is 29.7 Å². The lowest BCUT2D eigenvalue weighted by atomic mass is 9.97. The van der Waals surface area contributed by atoms with Gasteiger partial charge in [0.1, 0.15) is 56.7 Å². The quantitative estimate of drug-likeness (QED) is 0.0826. The molecule has 7 rings (SSSR count). The summed E-state index contributed by atoms with van der Waals surface area (Å²) in [5.41, 5.74) is 23.4. The molecule has 3 fully saturated rings. The van der Waals surface area contributed by atoms with Crippen molar-refractivity contribution in [3.05, 3.63) is 75.4 Å². The van der Waals surface area contributed by atoms with Crippen LogP contribution in [0.5, 0.6) is 0 Å². The summed E-state index contributed by atoms with van der Waals surface area (Å²) in [5, 5.41) is 38.6. The molecule has 0 unspecified atom stereocenters. The summed E-state index contributed by atoms with van der Waals surface area (Å²) < 4.78 is 59.5. The Kier molecular flexibility index (Phi) is 21.7. The van der Waals surface area contributed by atoms with Crippen LogP contribution in [-0.4, -0.2) is 123 Å². The molecular formula is C45H52BrN13O7S4. The van der Waals surface area contributed by atoms with E-state index in [2.05, 4.69) is 43.6 Å². The number of pyridine rings is 2. The second-order valence-corrected chi connectivity index (χ2v) is 21.4. The lowest BCUT2D eigenvalue weighted by Gasteiger charge is -2.26. The fourth-order valence-electron chi connectivity index (χ4n) is 7.21. The van der Waals surface area contributed by atoms with Crippen LogP contribution in [0.2, 0.25) is 0 Å². The number of hydrogen-bond donors (Lipinski definition) is 5. The molecule has 2 aromatic heterocycles. The number of aromatic nitrogens is 2. The van der Waals surface area contributed by atoms with E-state index in [1.165, 1.54) is 45.0 Å². The highest BCUT2D eigenvalue weighted by Crippen LogP contribution is 2.37. The van der Waals surface area contributed by atoms with Crippen LogP contribution in [0.1, 0.15) is 60.8 Å². The molecule has 5 heterocycles. The minimum Gasteiger partial charge on any atom is -0.384 e. The zero-order valence-electron chi connectivity index (χ0n) is 38.2. The van der Waals surface area contributed by atoms with Crippen molar-refractivity contribution in [2.24, 2.45) is 11.5 Å².